The number of nitrogens with one attached hydrogen (secondary N) is 1. The first-order valence-electron chi connectivity index (χ1n) is 10.2. The fourth-order valence-electron chi connectivity index (χ4n) is 3.83. The van der Waals surface area contributed by atoms with Crippen LogP contribution in [0.3, 0.4) is 0 Å². The molecule has 178 valence electrons. The van der Waals surface area contributed by atoms with Crippen molar-refractivity contribution in [3.05, 3.63) is 36.4 Å². The maximum absolute atomic E-state index is 13.2. The summed E-state index contributed by atoms with van der Waals surface area (Å²) in [5.74, 6) is 0.269. The summed E-state index contributed by atoms with van der Waals surface area (Å²) in [5.41, 5.74) is 0.781. The van der Waals surface area contributed by atoms with E-state index in [9.17, 15) is 14.4 Å². The van der Waals surface area contributed by atoms with E-state index in [0.29, 0.717) is 34.4 Å². The molecule has 0 aliphatic carbocycles. The van der Waals surface area contributed by atoms with Gasteiger partial charge in [-0.15, -0.1) is 0 Å². The van der Waals surface area contributed by atoms with Crippen molar-refractivity contribution in [2.24, 2.45) is 10.3 Å². The Bertz CT molecular complexity index is 1170. The van der Waals surface area contributed by atoms with Crippen molar-refractivity contribution in [3.8, 4) is 23.0 Å². The summed E-state index contributed by atoms with van der Waals surface area (Å²) < 4.78 is 20.9. The number of fused-ring (bicyclic) bond motifs is 1. The fraction of sp³-hybridized carbons (Fsp3) is 0.318. The Morgan fingerprint density at radius 2 is 1.50 bits per heavy atom. The van der Waals surface area contributed by atoms with Crippen LogP contribution in [0.4, 0.5) is 11.4 Å². The third-order valence-corrected chi connectivity index (χ3v) is 5.46. The smallest absolute Gasteiger partial charge is 0.263 e. The first-order valence-corrected chi connectivity index (χ1v) is 10.2. The van der Waals surface area contributed by atoms with Gasteiger partial charge in [0.15, 0.2) is 35.1 Å². The highest BCUT2D eigenvalue weighted by molar-refractivity contribution is 6.25. The molecule has 2 aromatic carbocycles. The van der Waals surface area contributed by atoms with Crippen LogP contribution in [0, 0.1) is 0 Å². The number of anilines is 2. The molecule has 2 unspecified atom stereocenters. The Morgan fingerprint density at radius 3 is 2.15 bits per heavy atom. The number of amides is 3. The van der Waals surface area contributed by atoms with Crippen LogP contribution in [0.2, 0.25) is 0 Å². The van der Waals surface area contributed by atoms with Crippen LogP contribution in [-0.4, -0.2) is 69.8 Å². The maximum Gasteiger partial charge on any atom is 0.263 e. The van der Waals surface area contributed by atoms with Gasteiger partial charge in [0.25, 0.3) is 11.8 Å². The molecule has 4 rings (SSSR count). The summed E-state index contributed by atoms with van der Waals surface area (Å²) in [6, 6.07) is 7.56. The van der Waals surface area contributed by atoms with Crippen molar-refractivity contribution < 1.29 is 33.3 Å². The van der Waals surface area contributed by atoms with Gasteiger partial charge in [-0.3, -0.25) is 19.4 Å². The molecule has 2 aliphatic heterocycles. The van der Waals surface area contributed by atoms with Crippen LogP contribution < -0.4 is 29.2 Å². The molecule has 12 nitrogen and oxygen atoms in total. The Hall–Kier alpha value is -4.35. The lowest BCUT2D eigenvalue weighted by atomic mass is 10.1. The molecule has 0 spiro atoms. The number of benzene rings is 2. The summed E-state index contributed by atoms with van der Waals surface area (Å²) >= 11 is 0. The van der Waals surface area contributed by atoms with Gasteiger partial charge in [0.05, 0.1) is 34.1 Å². The topological polar surface area (TPSA) is 131 Å². The molecule has 1 saturated heterocycles. The molecular weight excluding hydrogens is 446 g/mol. The molecule has 2 heterocycles. The van der Waals surface area contributed by atoms with E-state index in [1.807, 2.05) is 0 Å². The second kappa shape index (κ2) is 9.25. The van der Waals surface area contributed by atoms with Gasteiger partial charge < -0.3 is 24.3 Å². The fourth-order valence-corrected chi connectivity index (χ4v) is 3.83. The number of carbonyl (C=O) groups is 3. The Labute approximate surface area is 195 Å². The largest absolute Gasteiger partial charge is 0.493 e. The zero-order chi connectivity index (χ0) is 24.4. The lowest BCUT2D eigenvalue weighted by molar-refractivity contribution is -0.123. The summed E-state index contributed by atoms with van der Waals surface area (Å²) in [4.78, 5) is 39.8. The first-order chi connectivity index (χ1) is 16.4. The summed E-state index contributed by atoms with van der Waals surface area (Å²) in [6.07, 6.45) is 0. The highest BCUT2D eigenvalue weighted by atomic mass is 16.5. The van der Waals surface area contributed by atoms with Gasteiger partial charge >= 0.3 is 0 Å². The molecule has 1 N–H and O–H groups in total. The minimum Gasteiger partial charge on any atom is -0.493 e. The number of nitrogens with zero attached hydrogens (tertiary/aromatic N) is 4. The molecule has 0 saturated carbocycles. The van der Waals surface area contributed by atoms with Crippen LogP contribution in [0.5, 0.6) is 23.0 Å². The van der Waals surface area contributed by atoms with Crippen molar-refractivity contribution in [2.45, 2.75) is 12.1 Å². The average molecular weight is 469 g/mol. The molecule has 3 amide bonds. The Balaban J connectivity index is 1.49. The lowest BCUT2D eigenvalue weighted by Gasteiger charge is -2.21. The number of carbonyl (C=O) groups excluding carboxylic acids is 3. The average Bonchev–Trinajstić information content (AvgIpc) is 3.37. The highest BCUT2D eigenvalue weighted by Gasteiger charge is 2.55. The first kappa shape index (κ1) is 22.8. The predicted octanol–water partition coefficient (Wildman–Crippen LogP) is 1.65. The van der Waals surface area contributed by atoms with E-state index in [-0.39, 0.29) is 6.54 Å². The molecule has 0 bridgehead atoms. The second-order valence-corrected chi connectivity index (χ2v) is 7.36. The van der Waals surface area contributed by atoms with E-state index in [1.165, 1.54) is 39.5 Å². The molecule has 2 aliphatic rings. The minimum absolute atomic E-state index is 0.280. The van der Waals surface area contributed by atoms with Crippen molar-refractivity contribution in [1.29, 1.82) is 0 Å². The molecule has 12 heteroatoms. The van der Waals surface area contributed by atoms with E-state index >= 15 is 0 Å². The van der Waals surface area contributed by atoms with Gasteiger partial charge in [0.2, 0.25) is 5.91 Å². The number of ether oxygens (including phenoxy) is 4. The number of methoxy groups -OCH3 is 4. The van der Waals surface area contributed by atoms with Crippen molar-refractivity contribution in [1.82, 2.24) is 5.01 Å². The molecule has 2 aromatic rings. The van der Waals surface area contributed by atoms with Gasteiger partial charge in [-0.25, -0.2) is 4.90 Å². The van der Waals surface area contributed by atoms with Crippen LogP contribution in [0.1, 0.15) is 0 Å². The number of hydrogen-bond donors (Lipinski definition) is 1. The van der Waals surface area contributed by atoms with Crippen LogP contribution >= 0.6 is 0 Å². The van der Waals surface area contributed by atoms with E-state index in [0.717, 1.165) is 4.90 Å². The number of hydrogen-bond acceptors (Lipinski definition) is 10. The SMILES string of the molecule is COc1ccc(NC(=O)CN2N=NC3C(=O)N(c4ccc(OC)c(OC)c4)C(=O)C32)cc1OC. The van der Waals surface area contributed by atoms with Gasteiger partial charge in [-0.05, 0) is 24.3 Å². The van der Waals surface area contributed by atoms with Gasteiger partial charge in [0.1, 0.15) is 6.54 Å². The van der Waals surface area contributed by atoms with Crippen molar-refractivity contribution in [2.75, 3.05) is 45.2 Å². The van der Waals surface area contributed by atoms with E-state index in [4.69, 9.17) is 18.9 Å². The van der Waals surface area contributed by atoms with E-state index < -0.39 is 29.8 Å². The normalized spacial score (nSPS) is 18.7. The van der Waals surface area contributed by atoms with Gasteiger partial charge in [-0.1, -0.05) is 5.22 Å². The second-order valence-electron chi connectivity index (χ2n) is 7.36. The predicted molar refractivity (Wildman–Crippen MR) is 119 cm³/mol. The molecule has 0 aromatic heterocycles. The van der Waals surface area contributed by atoms with Crippen LogP contribution in [-0.2, 0) is 14.4 Å². The zero-order valence-corrected chi connectivity index (χ0v) is 19.0. The summed E-state index contributed by atoms with van der Waals surface area (Å²) in [6.45, 7) is -0.280. The lowest BCUT2D eigenvalue weighted by Crippen LogP contribution is -2.43. The van der Waals surface area contributed by atoms with E-state index in [2.05, 4.69) is 15.7 Å². The molecule has 0 radical (unpaired) electrons. The molecule has 2 atom stereocenters. The Morgan fingerprint density at radius 1 is 0.882 bits per heavy atom. The highest BCUT2D eigenvalue weighted by Crippen LogP contribution is 2.36. The molecule has 34 heavy (non-hydrogen) atoms. The van der Waals surface area contributed by atoms with Crippen molar-refractivity contribution >= 4 is 29.1 Å². The van der Waals surface area contributed by atoms with E-state index in [1.54, 1.807) is 30.3 Å². The summed E-state index contributed by atoms with van der Waals surface area (Å²) in [7, 11) is 5.94. The Kier molecular flexibility index (Phi) is 6.21. The third kappa shape index (κ3) is 3.93. The standard InChI is InChI=1S/C22H23N5O7/c1-31-14-7-5-12(9-16(14)33-3)23-18(28)11-26-20-19(24-25-26)21(29)27(22(20)30)13-6-8-15(32-2)17(10-13)34-4/h5-10,19-20H,11H2,1-4H3,(H,23,28). The quantitative estimate of drug-likeness (QED) is 0.578. The van der Waals surface area contributed by atoms with Crippen LogP contribution in [0.25, 0.3) is 0 Å². The number of imide groups is 1. The summed E-state index contributed by atoms with van der Waals surface area (Å²) in [5, 5.41) is 11.8. The molecular formula is C22H23N5O7. The number of rotatable bonds is 8. The molecule has 1 fully saturated rings. The minimum atomic E-state index is -1.03. The zero-order valence-electron chi connectivity index (χ0n) is 19.0. The van der Waals surface area contributed by atoms with Crippen molar-refractivity contribution in [3.63, 3.8) is 0 Å². The maximum atomic E-state index is 13.2. The third-order valence-electron chi connectivity index (χ3n) is 5.46. The van der Waals surface area contributed by atoms with Crippen LogP contribution in [0.15, 0.2) is 46.7 Å². The monoisotopic (exact) mass is 469 g/mol. The van der Waals surface area contributed by atoms with Gasteiger partial charge in [0, 0.05) is 17.8 Å². The van der Waals surface area contributed by atoms with Gasteiger partial charge in [-0.2, -0.15) is 5.11 Å².